The predicted molar refractivity (Wildman–Crippen MR) is 82.9 cm³/mol. The Balaban J connectivity index is 1.86. The van der Waals surface area contributed by atoms with Gasteiger partial charge in [-0.25, -0.2) is 0 Å². The first kappa shape index (κ1) is 16.0. The summed E-state index contributed by atoms with van der Waals surface area (Å²) in [5.74, 6) is 0.0871. The van der Waals surface area contributed by atoms with Crippen molar-refractivity contribution in [1.82, 2.24) is 25.3 Å². The minimum absolute atomic E-state index is 0.0337. The van der Waals surface area contributed by atoms with Gasteiger partial charge >= 0.3 is 0 Å². The third kappa shape index (κ3) is 4.28. The van der Waals surface area contributed by atoms with Crippen molar-refractivity contribution in [1.29, 1.82) is 0 Å². The zero-order valence-electron chi connectivity index (χ0n) is 13.3. The Bertz CT molecular complexity index is 453. The van der Waals surface area contributed by atoms with Gasteiger partial charge in [0.05, 0.1) is 18.3 Å². The van der Waals surface area contributed by atoms with E-state index in [1.807, 2.05) is 24.8 Å². The van der Waals surface area contributed by atoms with E-state index in [2.05, 4.69) is 27.6 Å². The lowest BCUT2D eigenvalue weighted by molar-refractivity contribution is -0.123. The number of likely N-dealkylation sites (N-methyl/N-ethyl adjacent to an activating group) is 1. The number of amides is 1. The van der Waals surface area contributed by atoms with Crippen LogP contribution in [0.1, 0.15) is 37.9 Å². The highest BCUT2D eigenvalue weighted by molar-refractivity contribution is 5.78. The molecule has 1 aliphatic rings. The molecule has 1 atom stereocenters. The molecule has 6 nitrogen and oxygen atoms in total. The predicted octanol–water partition coefficient (Wildman–Crippen LogP) is 0.671. The number of piperidine rings is 1. The van der Waals surface area contributed by atoms with Crippen LogP contribution in [0.25, 0.3) is 0 Å². The normalized spacial score (nSPS) is 17.9. The molecule has 118 valence electrons. The number of rotatable bonds is 6. The lowest BCUT2D eigenvalue weighted by atomic mass is 10.1. The summed E-state index contributed by atoms with van der Waals surface area (Å²) in [5, 5.41) is 10.7. The van der Waals surface area contributed by atoms with Crippen LogP contribution < -0.4 is 10.6 Å². The van der Waals surface area contributed by atoms with E-state index in [-0.39, 0.29) is 11.9 Å². The van der Waals surface area contributed by atoms with E-state index in [4.69, 9.17) is 0 Å². The van der Waals surface area contributed by atoms with Gasteiger partial charge in [-0.1, -0.05) is 6.92 Å². The summed E-state index contributed by atoms with van der Waals surface area (Å²) in [7, 11) is 3.95. The SMILES string of the molecule is CC[C@@H](NC(=O)CN(C)C1CCNCC1)c1ccnn1C. The molecule has 1 fully saturated rings. The van der Waals surface area contributed by atoms with Crippen molar-refractivity contribution in [2.75, 3.05) is 26.7 Å². The Labute approximate surface area is 126 Å². The van der Waals surface area contributed by atoms with Crippen molar-refractivity contribution in [2.24, 2.45) is 7.05 Å². The van der Waals surface area contributed by atoms with Gasteiger partial charge in [0.2, 0.25) is 5.91 Å². The summed E-state index contributed by atoms with van der Waals surface area (Å²) in [5.41, 5.74) is 1.05. The zero-order chi connectivity index (χ0) is 15.2. The molecular formula is C15H27N5O. The topological polar surface area (TPSA) is 62.2 Å². The van der Waals surface area contributed by atoms with Gasteiger partial charge in [0.15, 0.2) is 0 Å². The van der Waals surface area contributed by atoms with Crippen molar-refractivity contribution < 1.29 is 4.79 Å². The Morgan fingerprint density at radius 2 is 2.29 bits per heavy atom. The second-order valence-electron chi connectivity index (χ2n) is 5.80. The van der Waals surface area contributed by atoms with Crippen molar-refractivity contribution in [2.45, 2.75) is 38.3 Å². The number of carbonyl (C=O) groups excluding carboxylic acids is 1. The third-order valence-corrected chi connectivity index (χ3v) is 4.28. The van der Waals surface area contributed by atoms with E-state index in [1.165, 1.54) is 0 Å². The monoisotopic (exact) mass is 293 g/mol. The minimum Gasteiger partial charge on any atom is -0.347 e. The maximum absolute atomic E-state index is 12.3. The molecule has 2 rings (SSSR count). The molecule has 0 radical (unpaired) electrons. The van der Waals surface area contributed by atoms with Crippen LogP contribution in [0.2, 0.25) is 0 Å². The van der Waals surface area contributed by atoms with Crippen molar-refractivity contribution in [3.8, 4) is 0 Å². The summed E-state index contributed by atoms with van der Waals surface area (Å²) in [4.78, 5) is 14.4. The van der Waals surface area contributed by atoms with Crippen LogP contribution in [-0.2, 0) is 11.8 Å². The summed E-state index contributed by atoms with van der Waals surface area (Å²) in [6.07, 6.45) is 4.86. The maximum Gasteiger partial charge on any atom is 0.234 e. The van der Waals surface area contributed by atoms with Crippen LogP contribution in [0, 0.1) is 0 Å². The van der Waals surface area contributed by atoms with Crippen LogP contribution >= 0.6 is 0 Å². The fourth-order valence-corrected chi connectivity index (χ4v) is 2.95. The number of nitrogens with zero attached hydrogens (tertiary/aromatic N) is 3. The van der Waals surface area contributed by atoms with E-state index < -0.39 is 0 Å². The average Bonchev–Trinajstić information content (AvgIpc) is 2.91. The molecule has 21 heavy (non-hydrogen) atoms. The number of hydrogen-bond donors (Lipinski definition) is 2. The first-order valence-electron chi connectivity index (χ1n) is 7.80. The highest BCUT2D eigenvalue weighted by Crippen LogP contribution is 2.15. The van der Waals surface area contributed by atoms with E-state index in [0.29, 0.717) is 12.6 Å². The van der Waals surface area contributed by atoms with Crippen LogP contribution in [0.5, 0.6) is 0 Å². The average molecular weight is 293 g/mol. The molecule has 1 amide bonds. The van der Waals surface area contributed by atoms with Gasteiger partial charge in [0.25, 0.3) is 0 Å². The lowest BCUT2D eigenvalue weighted by Crippen LogP contribution is -2.45. The van der Waals surface area contributed by atoms with Crippen LogP contribution in [0.3, 0.4) is 0 Å². The fourth-order valence-electron chi connectivity index (χ4n) is 2.95. The van der Waals surface area contributed by atoms with E-state index in [1.54, 1.807) is 6.20 Å². The molecular weight excluding hydrogens is 266 g/mol. The number of aromatic nitrogens is 2. The molecule has 2 heterocycles. The minimum atomic E-state index is 0.0337. The van der Waals surface area contributed by atoms with E-state index in [9.17, 15) is 4.79 Å². The van der Waals surface area contributed by atoms with Crippen LogP contribution in [0.4, 0.5) is 0 Å². The van der Waals surface area contributed by atoms with Gasteiger partial charge in [-0.2, -0.15) is 5.10 Å². The van der Waals surface area contributed by atoms with Gasteiger partial charge in [0, 0.05) is 19.3 Å². The Kier molecular flexibility index (Phi) is 5.76. The number of aryl methyl sites for hydroxylation is 1. The number of nitrogens with one attached hydrogen (secondary N) is 2. The van der Waals surface area contributed by atoms with Crippen molar-refractivity contribution in [3.05, 3.63) is 18.0 Å². The smallest absolute Gasteiger partial charge is 0.234 e. The van der Waals surface area contributed by atoms with Gasteiger partial charge < -0.3 is 10.6 Å². The third-order valence-electron chi connectivity index (χ3n) is 4.28. The summed E-state index contributed by atoms with van der Waals surface area (Å²) < 4.78 is 1.82. The van der Waals surface area contributed by atoms with Crippen molar-refractivity contribution >= 4 is 5.91 Å². The Hall–Kier alpha value is -1.40. The van der Waals surface area contributed by atoms with Gasteiger partial charge in [-0.05, 0) is 45.5 Å². The van der Waals surface area contributed by atoms with Crippen molar-refractivity contribution in [3.63, 3.8) is 0 Å². The standard InChI is InChI=1S/C15H27N5O/c1-4-13(14-7-10-17-20(14)3)18-15(21)11-19(2)12-5-8-16-9-6-12/h7,10,12-13,16H,4-6,8-9,11H2,1-3H3,(H,18,21)/t13-/m1/s1. The fraction of sp³-hybridized carbons (Fsp3) is 0.733. The summed E-state index contributed by atoms with van der Waals surface area (Å²) in [6, 6.07) is 2.51. The first-order valence-corrected chi connectivity index (χ1v) is 7.80. The molecule has 2 N–H and O–H groups in total. The molecule has 0 spiro atoms. The summed E-state index contributed by atoms with van der Waals surface area (Å²) in [6.45, 7) is 4.62. The quantitative estimate of drug-likeness (QED) is 0.809. The highest BCUT2D eigenvalue weighted by Gasteiger charge is 2.21. The molecule has 6 heteroatoms. The number of hydrogen-bond acceptors (Lipinski definition) is 4. The maximum atomic E-state index is 12.3. The molecule has 1 aliphatic heterocycles. The van der Waals surface area contributed by atoms with Gasteiger partial charge in [0.1, 0.15) is 0 Å². The van der Waals surface area contributed by atoms with Crippen LogP contribution in [-0.4, -0.2) is 53.3 Å². The van der Waals surface area contributed by atoms with Gasteiger partial charge in [-0.3, -0.25) is 14.4 Å². The zero-order valence-corrected chi connectivity index (χ0v) is 13.3. The molecule has 0 bridgehead atoms. The van der Waals surface area contributed by atoms with E-state index >= 15 is 0 Å². The largest absolute Gasteiger partial charge is 0.347 e. The Morgan fingerprint density at radius 1 is 1.57 bits per heavy atom. The van der Waals surface area contributed by atoms with Crippen LogP contribution in [0.15, 0.2) is 12.3 Å². The Morgan fingerprint density at radius 3 is 2.86 bits per heavy atom. The first-order chi connectivity index (χ1) is 10.1. The molecule has 0 aliphatic carbocycles. The van der Waals surface area contributed by atoms with E-state index in [0.717, 1.165) is 38.0 Å². The molecule has 1 aromatic heterocycles. The molecule has 1 aromatic rings. The lowest BCUT2D eigenvalue weighted by Gasteiger charge is -2.31. The second-order valence-corrected chi connectivity index (χ2v) is 5.80. The molecule has 0 aromatic carbocycles. The number of carbonyl (C=O) groups is 1. The van der Waals surface area contributed by atoms with Gasteiger partial charge in [-0.15, -0.1) is 0 Å². The molecule has 0 saturated carbocycles. The highest BCUT2D eigenvalue weighted by atomic mass is 16.2. The second kappa shape index (κ2) is 7.56. The summed E-state index contributed by atoms with van der Waals surface area (Å²) >= 11 is 0. The molecule has 0 unspecified atom stereocenters. The molecule has 1 saturated heterocycles.